The van der Waals surface area contributed by atoms with Gasteiger partial charge in [-0.3, -0.25) is 20.2 Å². The predicted octanol–water partition coefficient (Wildman–Crippen LogP) is 6.27. The van der Waals surface area contributed by atoms with E-state index in [9.17, 15) is 29.8 Å². The Kier molecular flexibility index (Phi) is 7.48. The lowest BCUT2D eigenvalue weighted by Crippen LogP contribution is -2.23. The molecule has 4 aromatic rings. The molecular formula is C29H22N2O8. The lowest BCUT2D eigenvalue weighted by molar-refractivity contribution is -0.385. The largest absolute Gasteiger partial charge is 0.423 e. The molecule has 0 aliphatic heterocycles. The molecule has 10 nitrogen and oxygen atoms in total. The molecule has 0 bridgehead atoms. The predicted molar refractivity (Wildman–Crippen MR) is 141 cm³/mol. The topological polar surface area (TPSA) is 139 Å². The van der Waals surface area contributed by atoms with Gasteiger partial charge in [0.25, 0.3) is 11.4 Å². The molecule has 0 saturated heterocycles. The lowest BCUT2D eigenvalue weighted by Gasteiger charge is -2.29. The van der Waals surface area contributed by atoms with E-state index < -0.39 is 27.2 Å². The highest BCUT2D eigenvalue weighted by molar-refractivity contribution is 5.92. The number of hydrogen-bond donors (Lipinski definition) is 0. The quantitative estimate of drug-likeness (QED) is 0.113. The summed E-state index contributed by atoms with van der Waals surface area (Å²) in [5, 5.41) is 21.8. The number of non-ortho nitro benzene ring substituents is 2. The summed E-state index contributed by atoms with van der Waals surface area (Å²) in [7, 11) is 0. The zero-order valence-corrected chi connectivity index (χ0v) is 20.9. The Bertz CT molecular complexity index is 1440. The van der Waals surface area contributed by atoms with Gasteiger partial charge in [-0.15, -0.1) is 0 Å². The van der Waals surface area contributed by atoms with E-state index in [0.29, 0.717) is 11.1 Å². The Balaban J connectivity index is 1.62. The van der Waals surface area contributed by atoms with Gasteiger partial charge in [0.05, 0.1) is 21.0 Å². The summed E-state index contributed by atoms with van der Waals surface area (Å²) in [5.74, 6) is -0.846. The first-order valence-corrected chi connectivity index (χ1v) is 11.7. The van der Waals surface area contributed by atoms with Crippen LogP contribution in [0.15, 0.2) is 97.1 Å². The zero-order valence-electron chi connectivity index (χ0n) is 20.9. The van der Waals surface area contributed by atoms with Gasteiger partial charge in [-0.1, -0.05) is 50.2 Å². The average Bonchev–Trinajstić information content (AvgIpc) is 2.93. The molecule has 0 spiro atoms. The monoisotopic (exact) mass is 526 g/mol. The molecular weight excluding hydrogens is 504 g/mol. The van der Waals surface area contributed by atoms with Crippen molar-refractivity contribution in [2.75, 3.05) is 0 Å². The maximum Gasteiger partial charge on any atom is 0.343 e. The molecule has 0 aliphatic rings. The van der Waals surface area contributed by atoms with Gasteiger partial charge in [0.1, 0.15) is 11.5 Å². The Morgan fingerprint density at radius 2 is 0.923 bits per heavy atom. The van der Waals surface area contributed by atoms with Crippen LogP contribution in [0.5, 0.6) is 11.5 Å². The van der Waals surface area contributed by atoms with Gasteiger partial charge in [0.2, 0.25) is 0 Å². The van der Waals surface area contributed by atoms with Crippen molar-refractivity contribution in [1.29, 1.82) is 0 Å². The number of nitrogens with zero attached hydrogens (tertiary/aromatic N) is 2. The molecule has 0 saturated carbocycles. The molecule has 0 atom stereocenters. The first-order valence-electron chi connectivity index (χ1n) is 11.7. The van der Waals surface area contributed by atoms with Gasteiger partial charge in [0.15, 0.2) is 0 Å². The standard InChI is InChI=1S/C29H22N2O8/c1-29(2,23-7-3-5-9-25(23)38-27(32)19-11-15-21(16-12-19)30(34)35)24-8-4-6-10-26(24)39-28(33)20-13-17-22(18-14-20)31(36)37/h3-18H,1-2H3. The van der Waals surface area contributed by atoms with Gasteiger partial charge in [-0.2, -0.15) is 0 Å². The van der Waals surface area contributed by atoms with Crippen molar-refractivity contribution >= 4 is 23.3 Å². The number of esters is 2. The Morgan fingerprint density at radius 3 is 1.26 bits per heavy atom. The van der Waals surface area contributed by atoms with E-state index in [1.54, 1.807) is 48.5 Å². The molecule has 0 amide bonds. The second-order valence-corrected chi connectivity index (χ2v) is 9.00. The van der Waals surface area contributed by atoms with Gasteiger partial charge < -0.3 is 9.47 Å². The summed E-state index contributed by atoms with van der Waals surface area (Å²) < 4.78 is 11.4. The molecule has 39 heavy (non-hydrogen) atoms. The van der Waals surface area contributed by atoms with Crippen molar-refractivity contribution in [1.82, 2.24) is 0 Å². The number of hydrogen-bond acceptors (Lipinski definition) is 8. The fourth-order valence-electron chi connectivity index (χ4n) is 4.05. The minimum absolute atomic E-state index is 0.144. The number of carbonyl (C=O) groups is 2. The molecule has 0 heterocycles. The maximum atomic E-state index is 12.8. The van der Waals surface area contributed by atoms with E-state index in [2.05, 4.69) is 0 Å². The molecule has 4 rings (SSSR count). The highest BCUT2D eigenvalue weighted by atomic mass is 16.6. The van der Waals surface area contributed by atoms with Crippen LogP contribution in [0, 0.1) is 20.2 Å². The number of carbonyl (C=O) groups excluding carboxylic acids is 2. The SMILES string of the molecule is CC(C)(c1ccccc1OC(=O)c1ccc([N+](=O)[O-])cc1)c1ccccc1OC(=O)c1ccc([N+](=O)[O-])cc1. The zero-order chi connectivity index (χ0) is 28.2. The number of ether oxygens (including phenoxy) is 2. The summed E-state index contributed by atoms with van der Waals surface area (Å²) in [6.45, 7) is 3.76. The third kappa shape index (κ3) is 5.80. The highest BCUT2D eigenvalue weighted by Gasteiger charge is 2.31. The van der Waals surface area contributed by atoms with Crippen molar-refractivity contribution in [2.24, 2.45) is 0 Å². The Hall–Kier alpha value is -5.38. The number of para-hydroxylation sites is 2. The first kappa shape index (κ1) is 26.7. The van der Waals surface area contributed by atoms with Crippen LogP contribution in [-0.2, 0) is 5.41 Å². The second kappa shape index (κ2) is 10.9. The minimum atomic E-state index is -0.821. The molecule has 0 N–H and O–H groups in total. The van der Waals surface area contributed by atoms with Crippen LogP contribution in [0.2, 0.25) is 0 Å². The summed E-state index contributed by atoms with van der Waals surface area (Å²) in [6.07, 6.45) is 0. The van der Waals surface area contributed by atoms with E-state index >= 15 is 0 Å². The van der Waals surface area contributed by atoms with Crippen molar-refractivity contribution in [3.8, 4) is 11.5 Å². The Labute approximate surface area is 222 Å². The third-order valence-corrected chi connectivity index (χ3v) is 6.15. The van der Waals surface area contributed by atoms with Crippen molar-refractivity contribution in [3.05, 3.63) is 140 Å². The fraction of sp³-hybridized carbons (Fsp3) is 0.103. The maximum absolute atomic E-state index is 12.8. The van der Waals surface area contributed by atoms with Crippen LogP contribution in [0.4, 0.5) is 11.4 Å². The Morgan fingerprint density at radius 1 is 0.590 bits per heavy atom. The molecule has 196 valence electrons. The smallest absolute Gasteiger partial charge is 0.343 e. The average molecular weight is 527 g/mol. The van der Waals surface area contributed by atoms with Crippen molar-refractivity contribution in [2.45, 2.75) is 19.3 Å². The van der Waals surface area contributed by atoms with Crippen LogP contribution >= 0.6 is 0 Å². The summed E-state index contributed by atoms with van der Waals surface area (Å²) in [5.41, 5.74) is 0.425. The van der Waals surface area contributed by atoms with Crippen LogP contribution in [0.1, 0.15) is 45.7 Å². The minimum Gasteiger partial charge on any atom is -0.423 e. The highest BCUT2D eigenvalue weighted by Crippen LogP contribution is 2.41. The lowest BCUT2D eigenvalue weighted by atomic mass is 9.77. The van der Waals surface area contributed by atoms with E-state index in [4.69, 9.17) is 9.47 Å². The van der Waals surface area contributed by atoms with Gasteiger partial charge in [-0.25, -0.2) is 9.59 Å². The third-order valence-electron chi connectivity index (χ3n) is 6.15. The molecule has 0 radical (unpaired) electrons. The molecule has 0 aromatic heterocycles. The molecule has 4 aromatic carbocycles. The van der Waals surface area contributed by atoms with Gasteiger partial charge in [-0.05, 0) is 36.4 Å². The fourth-order valence-corrected chi connectivity index (χ4v) is 4.05. The van der Waals surface area contributed by atoms with Crippen molar-refractivity contribution in [3.63, 3.8) is 0 Å². The molecule has 0 fully saturated rings. The van der Waals surface area contributed by atoms with E-state index in [1.807, 2.05) is 13.8 Å². The molecule has 0 unspecified atom stereocenters. The van der Waals surface area contributed by atoms with Crippen LogP contribution in [-0.4, -0.2) is 21.8 Å². The van der Waals surface area contributed by atoms with Crippen molar-refractivity contribution < 1.29 is 28.9 Å². The number of benzene rings is 4. The number of nitro groups is 2. The normalized spacial score (nSPS) is 10.9. The number of rotatable bonds is 8. The van der Waals surface area contributed by atoms with Crippen LogP contribution in [0.25, 0.3) is 0 Å². The van der Waals surface area contributed by atoms with Crippen LogP contribution < -0.4 is 9.47 Å². The van der Waals surface area contributed by atoms with E-state index in [-0.39, 0.29) is 34.0 Å². The van der Waals surface area contributed by atoms with Gasteiger partial charge >= 0.3 is 11.9 Å². The van der Waals surface area contributed by atoms with E-state index in [0.717, 1.165) is 0 Å². The molecule has 10 heteroatoms. The summed E-state index contributed by atoms with van der Waals surface area (Å²) >= 11 is 0. The van der Waals surface area contributed by atoms with Gasteiger partial charge in [0, 0.05) is 40.8 Å². The summed E-state index contributed by atoms with van der Waals surface area (Å²) in [4.78, 5) is 46.4. The first-order chi connectivity index (χ1) is 18.6. The van der Waals surface area contributed by atoms with E-state index in [1.165, 1.54) is 48.5 Å². The second-order valence-electron chi connectivity index (χ2n) is 9.00. The van der Waals surface area contributed by atoms with Crippen LogP contribution in [0.3, 0.4) is 0 Å². The number of nitro benzene ring substituents is 2. The summed E-state index contributed by atoms with van der Waals surface area (Å²) in [6, 6.07) is 24.0. The molecule has 0 aliphatic carbocycles.